The van der Waals surface area contributed by atoms with E-state index in [4.69, 9.17) is 11.5 Å². The van der Waals surface area contributed by atoms with E-state index in [9.17, 15) is 9.59 Å². The lowest BCUT2D eigenvalue weighted by Gasteiger charge is -2.03. The van der Waals surface area contributed by atoms with Crippen molar-refractivity contribution in [2.75, 3.05) is 5.32 Å². The molecule has 2 aromatic heterocycles. The highest BCUT2D eigenvalue weighted by Gasteiger charge is 2.16. The number of nitrogens with two attached hydrogens (primary N) is 2. The second-order valence-corrected chi connectivity index (χ2v) is 5.78. The van der Waals surface area contributed by atoms with E-state index in [0.717, 1.165) is 16.1 Å². The number of carbonyl (C=O) groups excluding carboxylic acids is 2. The third kappa shape index (κ3) is 3.06. The van der Waals surface area contributed by atoms with E-state index in [1.807, 2.05) is 35.0 Å². The van der Waals surface area contributed by atoms with E-state index in [-0.39, 0.29) is 5.56 Å². The van der Waals surface area contributed by atoms with Crippen molar-refractivity contribution in [1.82, 2.24) is 9.55 Å². The molecule has 7 nitrogen and oxygen atoms in total. The maximum Gasteiger partial charge on any atom is 0.317 e. The number of nitrogens with zero attached hydrogens (tertiary/aromatic N) is 2. The molecule has 0 aliphatic heterocycles. The van der Waals surface area contributed by atoms with Crippen LogP contribution in [0, 0.1) is 0 Å². The number of carbonyl (C=O) groups is 2. The van der Waals surface area contributed by atoms with Crippen LogP contribution in [-0.2, 0) is 0 Å². The van der Waals surface area contributed by atoms with Crippen LogP contribution < -0.4 is 16.8 Å². The molecule has 0 bridgehead atoms. The fourth-order valence-electron chi connectivity index (χ4n) is 2.13. The van der Waals surface area contributed by atoms with Crippen molar-refractivity contribution in [3.63, 3.8) is 0 Å². The first-order chi connectivity index (χ1) is 11.0. The summed E-state index contributed by atoms with van der Waals surface area (Å²) in [6.45, 7) is 0. The molecule has 2 heterocycles. The van der Waals surface area contributed by atoms with Gasteiger partial charge >= 0.3 is 6.03 Å². The number of hydrogen-bond donors (Lipinski definition) is 3. The molecule has 0 aliphatic carbocycles. The molecule has 0 spiro atoms. The molecule has 0 saturated heterocycles. The molecule has 116 valence electrons. The van der Waals surface area contributed by atoms with Gasteiger partial charge in [0.1, 0.15) is 5.00 Å². The summed E-state index contributed by atoms with van der Waals surface area (Å²) >= 11 is 1.24. The van der Waals surface area contributed by atoms with Crippen molar-refractivity contribution in [3.8, 4) is 16.1 Å². The summed E-state index contributed by atoms with van der Waals surface area (Å²) in [6, 6.07) is 8.60. The van der Waals surface area contributed by atoms with E-state index in [0.29, 0.717) is 5.00 Å². The Morgan fingerprint density at radius 1 is 1.17 bits per heavy atom. The molecule has 0 atom stereocenters. The topological polar surface area (TPSA) is 116 Å². The molecule has 23 heavy (non-hydrogen) atoms. The monoisotopic (exact) mass is 327 g/mol. The Hall–Kier alpha value is -3.13. The van der Waals surface area contributed by atoms with Gasteiger partial charge in [-0.25, -0.2) is 9.78 Å². The second-order valence-electron chi connectivity index (χ2n) is 4.72. The predicted molar refractivity (Wildman–Crippen MR) is 88.6 cm³/mol. The average molecular weight is 327 g/mol. The molecular formula is C15H13N5O2S. The number of nitrogens with one attached hydrogen (secondary N) is 1. The summed E-state index contributed by atoms with van der Waals surface area (Å²) in [4.78, 5) is 27.3. The van der Waals surface area contributed by atoms with Gasteiger partial charge in [-0.1, -0.05) is 12.1 Å². The van der Waals surface area contributed by atoms with Crippen LogP contribution >= 0.6 is 11.3 Å². The maximum atomic E-state index is 11.5. The van der Waals surface area contributed by atoms with Crippen molar-refractivity contribution >= 4 is 28.3 Å². The zero-order valence-corrected chi connectivity index (χ0v) is 12.7. The Balaban J connectivity index is 1.95. The number of amides is 3. The SMILES string of the molecule is NC(=O)Nc1sc(-c2ccc(-n3ccnc3)cc2)cc1C(N)=O. The Morgan fingerprint density at radius 2 is 1.91 bits per heavy atom. The fraction of sp³-hybridized carbons (Fsp3) is 0. The number of urea groups is 1. The molecule has 1 aromatic carbocycles. The first-order valence-corrected chi connectivity index (χ1v) is 7.45. The summed E-state index contributed by atoms with van der Waals surface area (Å²) in [5.74, 6) is -0.619. The molecule has 0 saturated carbocycles. The summed E-state index contributed by atoms with van der Waals surface area (Å²) in [5.41, 5.74) is 12.6. The lowest BCUT2D eigenvalue weighted by atomic mass is 10.1. The molecule has 8 heteroatoms. The van der Waals surface area contributed by atoms with Gasteiger partial charge in [0.2, 0.25) is 0 Å². The minimum atomic E-state index is -0.739. The third-order valence-corrected chi connectivity index (χ3v) is 4.29. The van der Waals surface area contributed by atoms with Crippen LogP contribution in [0.3, 0.4) is 0 Å². The van der Waals surface area contributed by atoms with E-state index in [1.165, 1.54) is 11.3 Å². The maximum absolute atomic E-state index is 11.5. The van der Waals surface area contributed by atoms with E-state index < -0.39 is 11.9 Å². The molecule has 0 aliphatic rings. The minimum Gasteiger partial charge on any atom is -0.366 e. The van der Waals surface area contributed by atoms with E-state index in [1.54, 1.807) is 18.6 Å². The van der Waals surface area contributed by atoms with Gasteiger partial charge in [-0.05, 0) is 23.8 Å². The molecule has 0 fully saturated rings. The van der Waals surface area contributed by atoms with Gasteiger partial charge in [-0.15, -0.1) is 11.3 Å². The van der Waals surface area contributed by atoms with Crippen LogP contribution in [0.5, 0.6) is 0 Å². The summed E-state index contributed by atoms with van der Waals surface area (Å²) in [6.07, 6.45) is 5.26. The highest BCUT2D eigenvalue weighted by atomic mass is 32.1. The van der Waals surface area contributed by atoms with Crippen LogP contribution in [0.4, 0.5) is 9.80 Å². The number of rotatable bonds is 4. The normalized spacial score (nSPS) is 10.4. The van der Waals surface area contributed by atoms with Crippen molar-refractivity contribution < 1.29 is 9.59 Å². The number of imidazole rings is 1. The van der Waals surface area contributed by atoms with Crippen molar-refractivity contribution in [2.45, 2.75) is 0 Å². The van der Waals surface area contributed by atoms with Crippen molar-refractivity contribution in [2.24, 2.45) is 11.5 Å². The molecule has 3 amide bonds. The molecule has 0 radical (unpaired) electrons. The Kier molecular flexibility index (Phi) is 3.82. The van der Waals surface area contributed by atoms with Gasteiger partial charge in [0, 0.05) is 23.0 Å². The van der Waals surface area contributed by atoms with Gasteiger partial charge in [0.05, 0.1) is 11.9 Å². The van der Waals surface area contributed by atoms with Crippen LogP contribution in [0.25, 0.3) is 16.1 Å². The Labute approximate surface area is 135 Å². The zero-order valence-electron chi connectivity index (χ0n) is 11.9. The largest absolute Gasteiger partial charge is 0.366 e. The fourth-order valence-corrected chi connectivity index (χ4v) is 3.20. The standard InChI is InChI=1S/C15H13N5O2S/c16-13(21)11-7-12(23-14(11)19-15(17)22)9-1-3-10(4-2-9)20-6-5-18-8-20/h1-8H,(H2,16,21)(H3,17,19,22). The lowest BCUT2D eigenvalue weighted by molar-refractivity contribution is 0.100. The van der Waals surface area contributed by atoms with Gasteiger partial charge < -0.3 is 16.0 Å². The van der Waals surface area contributed by atoms with E-state index >= 15 is 0 Å². The third-order valence-electron chi connectivity index (χ3n) is 3.19. The number of anilines is 1. The highest BCUT2D eigenvalue weighted by molar-refractivity contribution is 7.20. The Morgan fingerprint density at radius 3 is 2.48 bits per heavy atom. The van der Waals surface area contributed by atoms with Crippen LogP contribution in [0.1, 0.15) is 10.4 Å². The van der Waals surface area contributed by atoms with Gasteiger partial charge in [-0.2, -0.15) is 0 Å². The Bertz CT molecular complexity index is 853. The van der Waals surface area contributed by atoms with E-state index in [2.05, 4.69) is 10.3 Å². The predicted octanol–water partition coefficient (Wildman–Crippen LogP) is 2.19. The molecule has 3 aromatic rings. The minimum absolute atomic E-state index is 0.238. The smallest absolute Gasteiger partial charge is 0.317 e. The number of primary amides is 2. The summed E-state index contributed by atoms with van der Waals surface area (Å²) in [5, 5.41) is 2.77. The zero-order chi connectivity index (χ0) is 16.4. The molecule has 3 rings (SSSR count). The van der Waals surface area contributed by atoms with Crippen LogP contribution in [0.2, 0.25) is 0 Å². The van der Waals surface area contributed by atoms with Crippen molar-refractivity contribution in [1.29, 1.82) is 0 Å². The quantitative estimate of drug-likeness (QED) is 0.682. The van der Waals surface area contributed by atoms with Gasteiger partial charge in [0.15, 0.2) is 0 Å². The molecule has 5 N–H and O–H groups in total. The number of benzene rings is 1. The molecule has 0 unspecified atom stereocenters. The second kappa shape index (κ2) is 5.93. The summed E-state index contributed by atoms with van der Waals surface area (Å²) in [7, 11) is 0. The van der Waals surface area contributed by atoms with Gasteiger partial charge in [-0.3, -0.25) is 10.1 Å². The first kappa shape index (κ1) is 14.8. The first-order valence-electron chi connectivity index (χ1n) is 6.63. The van der Waals surface area contributed by atoms with Crippen LogP contribution in [0.15, 0.2) is 49.1 Å². The average Bonchev–Trinajstić information content (AvgIpc) is 3.16. The van der Waals surface area contributed by atoms with Crippen LogP contribution in [-0.4, -0.2) is 21.5 Å². The highest BCUT2D eigenvalue weighted by Crippen LogP contribution is 2.35. The summed E-state index contributed by atoms with van der Waals surface area (Å²) < 4.78 is 1.88. The lowest BCUT2D eigenvalue weighted by Crippen LogP contribution is -2.21. The number of aromatic nitrogens is 2. The number of hydrogen-bond acceptors (Lipinski definition) is 4. The van der Waals surface area contributed by atoms with Gasteiger partial charge in [0.25, 0.3) is 5.91 Å². The molecular weight excluding hydrogens is 314 g/mol. The number of thiophene rings is 1. The van der Waals surface area contributed by atoms with Crippen molar-refractivity contribution in [3.05, 3.63) is 54.6 Å².